The molecule has 15 heavy (non-hydrogen) atoms. The van der Waals surface area contributed by atoms with Crippen LogP contribution in [0.2, 0.25) is 5.02 Å². The summed E-state index contributed by atoms with van der Waals surface area (Å²) in [6.45, 7) is 1.36. The average Bonchev–Trinajstić information content (AvgIpc) is 2.05. The second kappa shape index (κ2) is 4.58. The molecule has 0 atom stereocenters. The van der Waals surface area contributed by atoms with Gasteiger partial charge in [0.1, 0.15) is 0 Å². The predicted octanol–water partition coefficient (Wildman–Crippen LogP) is 5.03. The Bertz CT molecular complexity index is 375. The molecule has 1 aromatic carbocycles. The van der Waals surface area contributed by atoms with Gasteiger partial charge in [-0.1, -0.05) is 39.7 Å². The van der Waals surface area contributed by atoms with Crippen LogP contribution < -0.4 is 0 Å². The minimum absolute atomic E-state index is 0.0531. The van der Waals surface area contributed by atoms with E-state index in [1.165, 1.54) is 31.2 Å². The Hall–Kier alpha value is -0.480. The van der Waals surface area contributed by atoms with E-state index in [1.54, 1.807) is 0 Å². The van der Waals surface area contributed by atoms with Gasteiger partial charge in [0.25, 0.3) is 0 Å². The molecule has 1 aromatic rings. The summed E-state index contributed by atoms with van der Waals surface area (Å²) in [4.78, 5) is 0. The Morgan fingerprint density at radius 2 is 1.67 bits per heavy atom. The van der Waals surface area contributed by atoms with Crippen LogP contribution in [0, 0.1) is 0 Å². The fourth-order valence-corrected chi connectivity index (χ4v) is 1.75. The Morgan fingerprint density at radius 1 is 1.20 bits per heavy atom. The topological polar surface area (TPSA) is 0 Å². The lowest BCUT2D eigenvalue weighted by Gasteiger charge is -2.13. The molecule has 0 nitrogen and oxygen atoms in total. The highest BCUT2D eigenvalue weighted by Gasteiger charge is 2.35. The first-order valence-electron chi connectivity index (χ1n) is 4.02. The number of hydrogen-bond acceptors (Lipinski definition) is 0. The van der Waals surface area contributed by atoms with E-state index < -0.39 is 11.7 Å². The van der Waals surface area contributed by atoms with Gasteiger partial charge in [-0.15, -0.1) is 0 Å². The Morgan fingerprint density at radius 3 is 2.00 bits per heavy atom. The van der Waals surface area contributed by atoms with E-state index in [0.29, 0.717) is 5.02 Å². The lowest BCUT2D eigenvalue weighted by molar-refractivity contribution is -0.0690. The minimum Gasteiger partial charge on any atom is -0.166 e. The van der Waals surface area contributed by atoms with E-state index in [0.717, 1.165) is 0 Å². The van der Waals surface area contributed by atoms with Gasteiger partial charge in [0.05, 0.1) is 5.57 Å². The molecular formula is C10H7BrClF3. The summed E-state index contributed by atoms with van der Waals surface area (Å²) in [5.41, 5.74) is -0.583. The largest absolute Gasteiger partial charge is 0.417 e. The molecule has 0 aliphatic rings. The maximum Gasteiger partial charge on any atom is 0.417 e. The van der Waals surface area contributed by atoms with Gasteiger partial charge in [0.15, 0.2) is 0 Å². The van der Waals surface area contributed by atoms with Crippen LogP contribution in [0.3, 0.4) is 0 Å². The fraction of sp³-hybridized carbons (Fsp3) is 0.200. The van der Waals surface area contributed by atoms with Crippen LogP contribution in [-0.2, 0) is 0 Å². The second-order valence-electron chi connectivity index (χ2n) is 2.91. The van der Waals surface area contributed by atoms with Gasteiger partial charge in [0.2, 0.25) is 0 Å². The van der Waals surface area contributed by atoms with Gasteiger partial charge >= 0.3 is 6.18 Å². The van der Waals surface area contributed by atoms with Crippen LogP contribution in [0.1, 0.15) is 12.5 Å². The van der Waals surface area contributed by atoms with Crippen molar-refractivity contribution in [3.63, 3.8) is 0 Å². The molecule has 0 aromatic heterocycles. The van der Waals surface area contributed by atoms with Crippen molar-refractivity contribution < 1.29 is 13.2 Å². The van der Waals surface area contributed by atoms with Gasteiger partial charge in [-0.3, -0.25) is 0 Å². The molecule has 0 aliphatic carbocycles. The molecule has 0 amide bonds. The van der Waals surface area contributed by atoms with Crippen molar-refractivity contribution in [1.82, 2.24) is 0 Å². The zero-order chi connectivity index (χ0) is 11.6. The number of halogens is 5. The molecule has 5 heteroatoms. The molecule has 0 saturated heterocycles. The van der Waals surface area contributed by atoms with Gasteiger partial charge in [-0.05, 0) is 24.6 Å². The quantitative estimate of drug-likeness (QED) is 0.682. The normalized spacial score (nSPS) is 13.7. The molecule has 0 radical (unpaired) electrons. The van der Waals surface area contributed by atoms with Gasteiger partial charge < -0.3 is 0 Å². The van der Waals surface area contributed by atoms with Crippen molar-refractivity contribution in [2.45, 2.75) is 13.1 Å². The van der Waals surface area contributed by atoms with Crippen LogP contribution in [0.25, 0.3) is 5.57 Å². The summed E-state index contributed by atoms with van der Waals surface area (Å²) in [6.07, 6.45) is -4.37. The van der Waals surface area contributed by atoms with Crippen molar-refractivity contribution in [2.75, 3.05) is 0 Å². The molecule has 0 heterocycles. The Labute approximate surface area is 98.9 Å². The standard InChI is InChI=1S/C10H7BrClF3/c1-6(11)9(10(13,14)15)7-2-4-8(12)5-3-7/h2-5H,1H3/b9-6+. The van der Waals surface area contributed by atoms with E-state index in [9.17, 15) is 13.2 Å². The molecule has 0 saturated carbocycles. The van der Waals surface area contributed by atoms with Crippen molar-refractivity contribution in [1.29, 1.82) is 0 Å². The van der Waals surface area contributed by atoms with Crippen molar-refractivity contribution in [2.24, 2.45) is 0 Å². The first-order valence-corrected chi connectivity index (χ1v) is 5.19. The zero-order valence-electron chi connectivity index (χ0n) is 7.70. The average molecular weight is 300 g/mol. The fourth-order valence-electron chi connectivity index (χ4n) is 1.17. The molecule has 0 unspecified atom stereocenters. The van der Waals surface area contributed by atoms with Crippen molar-refractivity contribution >= 4 is 33.1 Å². The Balaban J connectivity index is 3.25. The molecular weight excluding hydrogens is 292 g/mol. The van der Waals surface area contributed by atoms with Gasteiger partial charge in [0, 0.05) is 9.51 Å². The van der Waals surface area contributed by atoms with E-state index in [2.05, 4.69) is 15.9 Å². The lowest BCUT2D eigenvalue weighted by Crippen LogP contribution is -2.11. The molecule has 0 N–H and O–H groups in total. The third-order valence-corrected chi connectivity index (χ3v) is 2.41. The smallest absolute Gasteiger partial charge is 0.166 e. The zero-order valence-corrected chi connectivity index (χ0v) is 10.0. The predicted molar refractivity (Wildman–Crippen MR) is 59.0 cm³/mol. The summed E-state index contributed by atoms with van der Waals surface area (Å²) >= 11 is 8.46. The minimum atomic E-state index is -4.37. The molecule has 0 spiro atoms. The number of rotatable bonds is 1. The third kappa shape index (κ3) is 3.24. The SMILES string of the molecule is C/C(Br)=C(/c1ccc(Cl)cc1)C(F)(F)F. The number of hydrogen-bond donors (Lipinski definition) is 0. The summed E-state index contributed by atoms with van der Waals surface area (Å²) in [5.74, 6) is 0. The van der Waals surface area contributed by atoms with E-state index in [4.69, 9.17) is 11.6 Å². The first kappa shape index (κ1) is 12.6. The second-order valence-corrected chi connectivity index (χ2v) is 4.54. The molecule has 0 bridgehead atoms. The van der Waals surface area contributed by atoms with Crippen LogP contribution in [-0.4, -0.2) is 6.18 Å². The highest BCUT2D eigenvalue weighted by atomic mass is 79.9. The monoisotopic (exact) mass is 298 g/mol. The third-order valence-electron chi connectivity index (χ3n) is 1.76. The van der Waals surface area contributed by atoms with E-state index in [-0.39, 0.29) is 10.0 Å². The van der Waals surface area contributed by atoms with Crippen LogP contribution in [0.15, 0.2) is 28.7 Å². The van der Waals surface area contributed by atoms with Crippen molar-refractivity contribution in [3.8, 4) is 0 Å². The molecule has 82 valence electrons. The summed E-state index contributed by atoms with van der Waals surface area (Å²) in [6, 6.07) is 5.54. The lowest BCUT2D eigenvalue weighted by atomic mass is 10.1. The first-order chi connectivity index (χ1) is 6.82. The maximum absolute atomic E-state index is 12.6. The summed E-state index contributed by atoms with van der Waals surface area (Å²) in [7, 11) is 0. The Kier molecular flexibility index (Phi) is 3.84. The molecule has 0 aliphatic heterocycles. The van der Waals surface area contributed by atoms with Crippen LogP contribution >= 0.6 is 27.5 Å². The highest BCUT2D eigenvalue weighted by Crippen LogP contribution is 2.38. The van der Waals surface area contributed by atoms with E-state index in [1.807, 2.05) is 0 Å². The molecule has 1 rings (SSSR count). The van der Waals surface area contributed by atoms with Crippen molar-refractivity contribution in [3.05, 3.63) is 39.3 Å². The van der Waals surface area contributed by atoms with Gasteiger partial charge in [-0.25, -0.2) is 0 Å². The van der Waals surface area contributed by atoms with E-state index >= 15 is 0 Å². The van der Waals surface area contributed by atoms with Crippen LogP contribution in [0.5, 0.6) is 0 Å². The molecule has 0 fully saturated rings. The number of allylic oxidation sites excluding steroid dienone is 2. The number of benzene rings is 1. The summed E-state index contributed by atoms with van der Waals surface area (Å²) in [5, 5.41) is 0.410. The highest BCUT2D eigenvalue weighted by molar-refractivity contribution is 9.11. The summed E-state index contributed by atoms with van der Waals surface area (Å²) < 4.78 is 38.0. The van der Waals surface area contributed by atoms with Crippen LogP contribution in [0.4, 0.5) is 13.2 Å². The number of alkyl halides is 3. The van der Waals surface area contributed by atoms with Gasteiger partial charge in [-0.2, -0.15) is 13.2 Å². The maximum atomic E-state index is 12.6.